The quantitative estimate of drug-likeness (QED) is 0.470. The molecule has 5 rings (SSSR count). The molecule has 1 aliphatic rings. The standard InChI is InChI=1S/C25H24N8O/c1-16-12-33(21-10-19(11-26)7-9-28-21)24-22(16)23(29-15-30-24)31-13-18(3)32(14-17(31)2)25(34)20-6-4-5-8-27-20/h4-10,12,15,17-18H,13-14H2,1-3H3/t17-,18+/m0/s1. The SMILES string of the molecule is Cc1cn(-c2cc(C#N)ccn2)c2ncnc(N3C[C@@H](C)N(C(=O)c4ccccn4)C[C@@H]3C)c12. The lowest BCUT2D eigenvalue weighted by Crippen LogP contribution is -2.58. The first-order chi connectivity index (χ1) is 16.5. The van der Waals surface area contributed by atoms with Crippen LogP contribution in [0, 0.1) is 18.3 Å². The van der Waals surface area contributed by atoms with E-state index in [1.165, 1.54) is 0 Å². The van der Waals surface area contributed by atoms with Crippen molar-refractivity contribution in [3.63, 3.8) is 0 Å². The fourth-order valence-corrected chi connectivity index (χ4v) is 4.58. The number of hydrogen-bond donors (Lipinski definition) is 0. The summed E-state index contributed by atoms with van der Waals surface area (Å²) in [5.41, 5.74) is 2.74. The third-order valence-corrected chi connectivity index (χ3v) is 6.28. The highest BCUT2D eigenvalue weighted by atomic mass is 16.2. The van der Waals surface area contributed by atoms with E-state index in [1.54, 1.807) is 36.9 Å². The molecule has 1 aliphatic heterocycles. The number of hydrogen-bond acceptors (Lipinski definition) is 7. The molecule has 9 heteroatoms. The number of amides is 1. The normalized spacial score (nSPS) is 18.2. The predicted molar refractivity (Wildman–Crippen MR) is 128 cm³/mol. The van der Waals surface area contributed by atoms with Crippen molar-refractivity contribution in [3.8, 4) is 11.9 Å². The highest BCUT2D eigenvalue weighted by Gasteiger charge is 2.34. The van der Waals surface area contributed by atoms with Crippen molar-refractivity contribution >= 4 is 22.8 Å². The fourth-order valence-electron chi connectivity index (χ4n) is 4.58. The lowest BCUT2D eigenvalue weighted by Gasteiger charge is -2.44. The molecule has 0 aliphatic carbocycles. The van der Waals surface area contributed by atoms with Gasteiger partial charge in [-0.1, -0.05) is 6.07 Å². The summed E-state index contributed by atoms with van der Waals surface area (Å²) in [5.74, 6) is 1.41. The van der Waals surface area contributed by atoms with Crippen LogP contribution in [0.4, 0.5) is 5.82 Å². The number of aryl methyl sites for hydroxylation is 1. The van der Waals surface area contributed by atoms with Crippen LogP contribution in [0.3, 0.4) is 0 Å². The largest absolute Gasteiger partial charge is 0.349 e. The summed E-state index contributed by atoms with van der Waals surface area (Å²) in [6.07, 6.45) is 6.80. The second-order valence-corrected chi connectivity index (χ2v) is 8.62. The number of carbonyl (C=O) groups is 1. The van der Waals surface area contributed by atoms with Crippen LogP contribution in [-0.4, -0.2) is 60.5 Å². The minimum Gasteiger partial charge on any atom is -0.349 e. The molecule has 0 N–H and O–H groups in total. The van der Waals surface area contributed by atoms with E-state index >= 15 is 0 Å². The summed E-state index contributed by atoms with van der Waals surface area (Å²) in [5, 5.41) is 10.2. The number of rotatable bonds is 3. The molecule has 1 saturated heterocycles. The van der Waals surface area contributed by atoms with Crippen molar-refractivity contribution in [1.82, 2.24) is 29.4 Å². The Labute approximate surface area is 197 Å². The molecule has 1 fully saturated rings. The third kappa shape index (κ3) is 3.63. The van der Waals surface area contributed by atoms with Gasteiger partial charge in [-0.15, -0.1) is 0 Å². The maximum Gasteiger partial charge on any atom is 0.272 e. The molecule has 0 unspecified atom stereocenters. The van der Waals surface area contributed by atoms with Gasteiger partial charge in [0.2, 0.25) is 0 Å². The van der Waals surface area contributed by atoms with Gasteiger partial charge in [0, 0.05) is 43.8 Å². The molecule has 0 radical (unpaired) electrons. The number of pyridine rings is 2. The van der Waals surface area contributed by atoms with Gasteiger partial charge >= 0.3 is 0 Å². The van der Waals surface area contributed by atoms with E-state index < -0.39 is 0 Å². The topological polar surface area (TPSA) is 104 Å². The molecule has 5 heterocycles. The van der Waals surface area contributed by atoms with Crippen molar-refractivity contribution in [2.45, 2.75) is 32.9 Å². The van der Waals surface area contributed by atoms with Crippen molar-refractivity contribution in [2.75, 3.05) is 18.0 Å². The summed E-state index contributed by atoms with van der Waals surface area (Å²) in [4.78, 5) is 35.1. The van der Waals surface area contributed by atoms with Crippen LogP contribution in [0.5, 0.6) is 0 Å². The predicted octanol–water partition coefficient (Wildman–Crippen LogP) is 3.13. The Bertz CT molecular complexity index is 1410. The monoisotopic (exact) mass is 452 g/mol. The second-order valence-electron chi connectivity index (χ2n) is 8.62. The Hall–Kier alpha value is -4.32. The fraction of sp³-hybridized carbons (Fsp3) is 0.280. The van der Waals surface area contributed by atoms with Gasteiger partial charge in [0.15, 0.2) is 5.65 Å². The highest BCUT2D eigenvalue weighted by molar-refractivity contribution is 5.94. The van der Waals surface area contributed by atoms with Crippen LogP contribution in [0.2, 0.25) is 0 Å². The van der Waals surface area contributed by atoms with Gasteiger partial charge in [-0.25, -0.2) is 15.0 Å². The smallest absolute Gasteiger partial charge is 0.272 e. The van der Waals surface area contributed by atoms with Gasteiger partial charge in [0.25, 0.3) is 5.91 Å². The molecule has 0 bridgehead atoms. The molecule has 34 heavy (non-hydrogen) atoms. The summed E-state index contributed by atoms with van der Waals surface area (Å²) in [6.45, 7) is 7.37. The van der Waals surface area contributed by atoms with Crippen LogP contribution >= 0.6 is 0 Å². The first-order valence-corrected chi connectivity index (χ1v) is 11.2. The van der Waals surface area contributed by atoms with Crippen molar-refractivity contribution in [1.29, 1.82) is 5.26 Å². The number of anilines is 1. The zero-order valence-electron chi connectivity index (χ0n) is 19.3. The number of fused-ring (bicyclic) bond motifs is 1. The van der Waals surface area contributed by atoms with Crippen LogP contribution < -0.4 is 4.90 Å². The summed E-state index contributed by atoms with van der Waals surface area (Å²) >= 11 is 0. The van der Waals surface area contributed by atoms with Crippen molar-refractivity contribution < 1.29 is 4.79 Å². The lowest BCUT2D eigenvalue weighted by atomic mass is 10.1. The Morgan fingerprint density at radius 3 is 2.68 bits per heavy atom. The van der Waals surface area contributed by atoms with Gasteiger partial charge < -0.3 is 9.80 Å². The number of piperazine rings is 1. The van der Waals surface area contributed by atoms with Crippen molar-refractivity contribution in [2.24, 2.45) is 0 Å². The van der Waals surface area contributed by atoms with Crippen molar-refractivity contribution in [3.05, 3.63) is 72.1 Å². The van der Waals surface area contributed by atoms with Gasteiger partial charge in [0.05, 0.1) is 17.0 Å². The highest BCUT2D eigenvalue weighted by Crippen LogP contribution is 2.32. The van der Waals surface area contributed by atoms with Crippen LogP contribution in [0.25, 0.3) is 16.9 Å². The molecular formula is C25H24N8O. The van der Waals surface area contributed by atoms with Gasteiger partial charge in [-0.2, -0.15) is 5.26 Å². The third-order valence-electron chi connectivity index (χ3n) is 6.28. The Morgan fingerprint density at radius 2 is 1.91 bits per heavy atom. The molecule has 4 aromatic rings. The Kier molecular flexibility index (Phi) is 5.42. The maximum atomic E-state index is 13.1. The zero-order chi connectivity index (χ0) is 23.8. The van der Waals surface area contributed by atoms with E-state index in [0.717, 1.165) is 22.4 Å². The average molecular weight is 453 g/mol. The average Bonchev–Trinajstić information content (AvgIpc) is 3.22. The number of nitrogens with zero attached hydrogens (tertiary/aromatic N) is 8. The minimum absolute atomic E-state index is 0.0212. The van der Waals surface area contributed by atoms with E-state index in [4.69, 9.17) is 0 Å². The Morgan fingerprint density at radius 1 is 1.06 bits per heavy atom. The molecule has 2 atom stereocenters. The molecule has 170 valence electrons. The molecule has 1 amide bonds. The first-order valence-electron chi connectivity index (χ1n) is 11.2. The number of carbonyl (C=O) groups excluding carboxylic acids is 1. The van der Waals surface area contributed by atoms with Gasteiger partial charge in [-0.3, -0.25) is 14.3 Å². The first kappa shape index (κ1) is 21.5. The zero-order valence-corrected chi connectivity index (χ0v) is 19.3. The molecular weight excluding hydrogens is 428 g/mol. The van der Waals surface area contributed by atoms with Crippen LogP contribution in [0.1, 0.15) is 35.5 Å². The van der Waals surface area contributed by atoms with Crippen LogP contribution in [-0.2, 0) is 0 Å². The molecule has 0 spiro atoms. The Balaban J connectivity index is 1.50. The lowest BCUT2D eigenvalue weighted by molar-refractivity contribution is 0.0638. The van der Waals surface area contributed by atoms with E-state index in [2.05, 4.69) is 37.8 Å². The molecule has 0 aromatic carbocycles. The van der Waals surface area contributed by atoms with E-state index in [-0.39, 0.29) is 18.0 Å². The minimum atomic E-state index is -0.0572. The maximum absolute atomic E-state index is 13.1. The molecule has 0 saturated carbocycles. The van der Waals surface area contributed by atoms with E-state index in [0.29, 0.717) is 30.2 Å². The van der Waals surface area contributed by atoms with E-state index in [9.17, 15) is 10.1 Å². The molecule has 4 aromatic heterocycles. The summed E-state index contributed by atoms with van der Waals surface area (Å²) < 4.78 is 1.89. The van der Waals surface area contributed by atoms with Crippen LogP contribution in [0.15, 0.2) is 55.2 Å². The summed E-state index contributed by atoms with van der Waals surface area (Å²) in [6, 6.07) is 11.0. The number of nitriles is 1. The van der Waals surface area contributed by atoms with E-state index in [1.807, 2.05) is 41.6 Å². The second kappa shape index (κ2) is 8.56. The van der Waals surface area contributed by atoms with Gasteiger partial charge in [-0.05, 0) is 50.6 Å². The number of aromatic nitrogens is 5. The summed E-state index contributed by atoms with van der Waals surface area (Å²) in [7, 11) is 0. The van der Waals surface area contributed by atoms with Gasteiger partial charge in [0.1, 0.15) is 23.7 Å². The molecule has 9 nitrogen and oxygen atoms in total.